The second-order valence-electron chi connectivity index (χ2n) is 25.0. The lowest BCUT2D eigenvalue weighted by atomic mass is 10.1. The summed E-state index contributed by atoms with van der Waals surface area (Å²) in [5, 5.41) is 20.6. The van der Waals surface area contributed by atoms with E-state index in [-0.39, 0.29) is 19.3 Å². The van der Waals surface area contributed by atoms with Gasteiger partial charge in [0.2, 0.25) is 0 Å². The van der Waals surface area contributed by atoms with Crippen molar-refractivity contribution in [2.24, 2.45) is 0 Å². The maximum Gasteiger partial charge on any atom is 0.472 e. The molecule has 0 aromatic heterocycles. The number of hydrogen-bond donors (Lipinski definition) is 4. The summed E-state index contributed by atoms with van der Waals surface area (Å²) in [6.07, 6.45) is 89.0. The Morgan fingerprint density at radius 1 is 0.293 bits per heavy atom. The van der Waals surface area contributed by atoms with Crippen LogP contribution in [-0.4, -0.2) is 95.9 Å². The molecule has 0 aliphatic carbocycles. The van der Waals surface area contributed by atoms with Crippen LogP contribution in [0.2, 0.25) is 0 Å². The zero-order valence-electron chi connectivity index (χ0n) is 61.6. The second-order valence-corrected chi connectivity index (χ2v) is 27.9. The normalized spacial score (nSPS) is 14.9. The van der Waals surface area contributed by atoms with Crippen LogP contribution in [0.4, 0.5) is 0 Å². The van der Waals surface area contributed by atoms with Gasteiger partial charge in [-0.1, -0.05) is 276 Å². The van der Waals surface area contributed by atoms with E-state index in [4.69, 9.17) is 32.3 Å². The van der Waals surface area contributed by atoms with Crippen LogP contribution in [0.3, 0.4) is 0 Å². The molecule has 5 atom stereocenters. The van der Waals surface area contributed by atoms with Crippen LogP contribution < -0.4 is 0 Å². The summed E-state index contributed by atoms with van der Waals surface area (Å²) >= 11 is 0. The quantitative estimate of drug-likeness (QED) is 0.0146. The number of aliphatic hydroxyl groups is 2. The summed E-state index contributed by atoms with van der Waals surface area (Å²) < 4.78 is 61.0. The fraction of sp³-hybridized carbons (Fsp3) is 0.667. The number of esters is 3. The first kappa shape index (κ1) is 94.4. The Morgan fingerprint density at radius 2 is 0.535 bits per heavy atom. The van der Waals surface area contributed by atoms with Gasteiger partial charge in [0, 0.05) is 19.3 Å². The summed E-state index contributed by atoms with van der Waals surface area (Å²) in [7, 11) is -9.80. The van der Waals surface area contributed by atoms with Crippen molar-refractivity contribution in [3.8, 4) is 0 Å². The van der Waals surface area contributed by atoms with Gasteiger partial charge in [0.1, 0.15) is 25.4 Å². The van der Waals surface area contributed by atoms with Gasteiger partial charge in [-0.05, 0) is 141 Å². The first-order chi connectivity index (χ1) is 48.2. The molecule has 0 heterocycles. The molecular formula is C81H136O16P2. The van der Waals surface area contributed by atoms with Crippen LogP contribution in [0.25, 0.3) is 0 Å². The lowest BCUT2D eigenvalue weighted by molar-refractivity contribution is -0.161. The van der Waals surface area contributed by atoms with Crippen molar-refractivity contribution < 1.29 is 75.8 Å². The van der Waals surface area contributed by atoms with Crippen LogP contribution in [0.5, 0.6) is 0 Å². The van der Waals surface area contributed by atoms with Crippen molar-refractivity contribution in [1.82, 2.24) is 0 Å². The number of allylic oxidation sites excluding steroid dienone is 24. The molecule has 0 saturated carbocycles. The molecule has 0 aliphatic rings. The fourth-order valence-electron chi connectivity index (χ4n) is 9.77. The molecule has 0 aromatic rings. The SMILES string of the molecule is CC/C=C\C/C=C\C/C=C\C/C=C\C/C=C\C/C=C\CCCCCCCCCCCCC(=O)OCC(O)COP(=O)(O)OCC(O)COP(=O)(O)OCC(COC(=O)CCCCCCC/C=C\C/C=C\C/C=C\C/C=C\C/C=C\CC)OC(=O)CCCCCCC/C=C\CCCCCC. The van der Waals surface area contributed by atoms with Gasteiger partial charge in [0.05, 0.1) is 26.4 Å². The van der Waals surface area contributed by atoms with E-state index < -0.39 is 91.5 Å². The topological polar surface area (TPSA) is 231 Å². The Balaban J connectivity index is 4.54. The Labute approximate surface area is 600 Å². The van der Waals surface area contributed by atoms with Crippen molar-refractivity contribution in [1.29, 1.82) is 0 Å². The Kier molecular flexibility index (Phi) is 69.8. The Bertz CT molecular complexity index is 2380. The molecule has 0 saturated heterocycles. The highest BCUT2D eigenvalue weighted by Crippen LogP contribution is 2.45. The van der Waals surface area contributed by atoms with Gasteiger partial charge in [0.25, 0.3) is 0 Å². The number of unbranched alkanes of at least 4 members (excludes halogenated alkanes) is 24. The highest BCUT2D eigenvalue weighted by Gasteiger charge is 2.29. The third-order valence-corrected chi connectivity index (χ3v) is 17.4. The van der Waals surface area contributed by atoms with E-state index in [9.17, 15) is 43.5 Å². The van der Waals surface area contributed by atoms with Crippen molar-refractivity contribution >= 4 is 33.6 Å². The molecule has 99 heavy (non-hydrogen) atoms. The first-order valence-corrected chi connectivity index (χ1v) is 41.1. The highest BCUT2D eigenvalue weighted by atomic mass is 31.2. The van der Waals surface area contributed by atoms with Gasteiger partial charge in [-0.2, -0.15) is 0 Å². The minimum absolute atomic E-state index is 0.0866. The molecule has 18 heteroatoms. The zero-order valence-corrected chi connectivity index (χ0v) is 63.4. The highest BCUT2D eigenvalue weighted by molar-refractivity contribution is 7.47. The summed E-state index contributed by atoms with van der Waals surface area (Å²) in [4.78, 5) is 58.5. The lowest BCUT2D eigenvalue weighted by Gasteiger charge is -2.21. The van der Waals surface area contributed by atoms with Crippen molar-refractivity contribution in [2.75, 3.05) is 39.6 Å². The summed E-state index contributed by atoms with van der Waals surface area (Å²) in [5.41, 5.74) is 0. The molecule has 5 unspecified atom stereocenters. The van der Waals surface area contributed by atoms with Gasteiger partial charge in [-0.25, -0.2) is 9.13 Å². The maximum atomic E-state index is 12.9. The molecular weight excluding hydrogens is 1290 g/mol. The molecule has 0 amide bonds. The Morgan fingerprint density at radius 3 is 0.859 bits per heavy atom. The average molecular weight is 1430 g/mol. The van der Waals surface area contributed by atoms with Crippen molar-refractivity contribution in [3.05, 3.63) is 146 Å². The number of phosphoric ester groups is 2. The largest absolute Gasteiger partial charge is 0.472 e. The van der Waals surface area contributed by atoms with E-state index >= 15 is 0 Å². The molecule has 0 aromatic carbocycles. The minimum Gasteiger partial charge on any atom is -0.463 e. The van der Waals surface area contributed by atoms with Gasteiger partial charge >= 0.3 is 33.6 Å². The Hall–Kier alpha value is -4.57. The van der Waals surface area contributed by atoms with E-state index in [0.717, 1.165) is 173 Å². The number of carbonyl (C=O) groups is 3. The van der Waals surface area contributed by atoms with Gasteiger partial charge < -0.3 is 34.2 Å². The van der Waals surface area contributed by atoms with Crippen molar-refractivity contribution in [3.63, 3.8) is 0 Å². The number of rotatable bonds is 71. The molecule has 0 rings (SSSR count). The average Bonchev–Trinajstić information content (AvgIpc) is 1.36. The third-order valence-electron chi connectivity index (χ3n) is 15.5. The number of hydrogen-bond acceptors (Lipinski definition) is 14. The summed E-state index contributed by atoms with van der Waals surface area (Å²) in [6, 6.07) is 0. The summed E-state index contributed by atoms with van der Waals surface area (Å²) in [6.45, 7) is 2.39. The van der Waals surface area contributed by atoms with E-state index in [2.05, 4.69) is 167 Å². The van der Waals surface area contributed by atoms with E-state index in [1.54, 1.807) is 0 Å². The maximum absolute atomic E-state index is 12.9. The third kappa shape index (κ3) is 74.4. The lowest BCUT2D eigenvalue weighted by Crippen LogP contribution is -2.30. The molecule has 16 nitrogen and oxygen atoms in total. The smallest absolute Gasteiger partial charge is 0.463 e. The standard InChI is InChI=1S/C81H136O16P2/c1-4-7-10-13-16-19-22-25-27-29-31-33-34-35-36-37-38-39-40-42-44-45-47-50-52-55-58-61-64-67-79(84)91-70-76(82)71-93-98(87,88)94-72-77(83)73-95-99(89,90)96-75-78(97-81(86)69-66-63-60-57-54-49-24-21-18-15-12-9-6-3)74-92-80(85)68-65-62-59-56-53-51-48-46-43-41-32-30-28-26-23-20-17-14-11-8-5-2/h7-8,10-11,16-17,19-21,24-28,31-33,35-36,38-39,41,46,48,76-78,82-83H,4-6,9,12-15,18,22-23,29-30,34,37,40,42-45,47,49-75H2,1-3H3,(H,87,88)(H,89,90)/b10-7-,11-8-,19-16-,20-17-,24-21-,27-25-,28-26-,33-31-,36-35-,39-38-,41-32-,48-46-. The molecule has 0 aliphatic heterocycles. The second kappa shape index (κ2) is 73.2. The molecule has 4 N–H and O–H groups in total. The number of aliphatic hydroxyl groups excluding tert-OH is 2. The predicted molar refractivity (Wildman–Crippen MR) is 408 cm³/mol. The first-order valence-electron chi connectivity index (χ1n) is 38.1. The van der Waals surface area contributed by atoms with E-state index in [1.165, 1.54) is 57.8 Å². The number of carbonyl (C=O) groups excluding carboxylic acids is 3. The number of ether oxygens (including phenoxy) is 3. The van der Waals surface area contributed by atoms with Crippen LogP contribution in [0, 0.1) is 0 Å². The molecule has 0 fully saturated rings. The van der Waals surface area contributed by atoms with Gasteiger partial charge in [-0.3, -0.25) is 32.5 Å². The number of phosphoric acid groups is 2. The molecule has 0 radical (unpaired) electrons. The van der Waals surface area contributed by atoms with E-state index in [1.807, 2.05) is 0 Å². The van der Waals surface area contributed by atoms with Crippen LogP contribution in [0.1, 0.15) is 290 Å². The fourth-order valence-corrected chi connectivity index (χ4v) is 11.4. The van der Waals surface area contributed by atoms with Crippen molar-refractivity contribution in [2.45, 2.75) is 309 Å². The van der Waals surface area contributed by atoms with Gasteiger partial charge in [-0.15, -0.1) is 0 Å². The van der Waals surface area contributed by atoms with E-state index in [0.29, 0.717) is 19.3 Å². The van der Waals surface area contributed by atoms with Crippen LogP contribution in [-0.2, 0) is 55.8 Å². The monoisotopic (exact) mass is 1430 g/mol. The summed E-state index contributed by atoms with van der Waals surface area (Å²) in [5.74, 6) is -1.61. The zero-order chi connectivity index (χ0) is 72.3. The van der Waals surface area contributed by atoms with Crippen LogP contribution >= 0.6 is 15.6 Å². The molecule has 0 bridgehead atoms. The molecule has 566 valence electrons. The minimum atomic E-state index is -4.94. The van der Waals surface area contributed by atoms with Gasteiger partial charge in [0.15, 0.2) is 6.10 Å². The predicted octanol–water partition coefficient (Wildman–Crippen LogP) is 22.1. The molecule has 0 spiro atoms. The van der Waals surface area contributed by atoms with Crippen LogP contribution in [0.15, 0.2) is 146 Å².